The number of rotatable bonds is 3. The molecule has 1 heterocycles. The van der Waals surface area contributed by atoms with Gasteiger partial charge in [-0.3, -0.25) is 9.48 Å². The Morgan fingerprint density at radius 2 is 2.23 bits per heavy atom. The van der Waals surface area contributed by atoms with Gasteiger partial charge in [-0.15, -0.1) is 24.8 Å². The predicted molar refractivity (Wildman–Crippen MR) is 50.1 cm³/mol. The maximum Gasteiger partial charge on any atom is 0.322 e. The van der Waals surface area contributed by atoms with Crippen LogP contribution >= 0.6 is 24.8 Å². The molecule has 0 aliphatic heterocycles. The minimum atomic E-state index is -1.04. The molecular weight excluding hydrogens is 219 g/mol. The molecule has 6 nitrogen and oxygen atoms in total. The average Bonchev–Trinajstić information content (AvgIpc) is 2.39. The Kier molecular flexibility index (Phi) is 7.49. The van der Waals surface area contributed by atoms with Crippen LogP contribution in [0.15, 0.2) is 12.7 Å². The van der Waals surface area contributed by atoms with Crippen LogP contribution in [0, 0.1) is 0 Å². The van der Waals surface area contributed by atoms with Crippen molar-refractivity contribution in [2.24, 2.45) is 5.73 Å². The van der Waals surface area contributed by atoms with Gasteiger partial charge in [0.15, 0.2) is 0 Å². The summed E-state index contributed by atoms with van der Waals surface area (Å²) in [5.74, 6) is -1.04. The molecule has 0 saturated heterocycles. The summed E-state index contributed by atoms with van der Waals surface area (Å²) in [5, 5.41) is 12.1. The second-order valence-corrected chi connectivity index (χ2v) is 2.06. The van der Waals surface area contributed by atoms with Gasteiger partial charge in [0.1, 0.15) is 18.7 Å². The Bertz CT molecular complexity index is 241. The quantitative estimate of drug-likeness (QED) is 0.730. The second kappa shape index (κ2) is 6.64. The summed E-state index contributed by atoms with van der Waals surface area (Å²) >= 11 is 0. The number of nitrogens with zero attached hydrogens (tertiary/aromatic N) is 3. The number of halogens is 2. The number of carboxylic acids is 1. The molecule has 0 fully saturated rings. The number of carboxylic acid groups (broad SMARTS) is 1. The van der Waals surface area contributed by atoms with Gasteiger partial charge < -0.3 is 10.8 Å². The van der Waals surface area contributed by atoms with Gasteiger partial charge in [-0.2, -0.15) is 5.10 Å². The van der Waals surface area contributed by atoms with E-state index < -0.39 is 12.0 Å². The van der Waals surface area contributed by atoms with Crippen LogP contribution in [0.2, 0.25) is 0 Å². The van der Waals surface area contributed by atoms with Crippen molar-refractivity contribution in [3.05, 3.63) is 12.7 Å². The molecule has 0 aliphatic rings. The predicted octanol–water partition coefficient (Wildman–Crippen LogP) is -0.466. The van der Waals surface area contributed by atoms with Gasteiger partial charge in [0.25, 0.3) is 0 Å². The zero-order chi connectivity index (χ0) is 8.27. The Morgan fingerprint density at radius 3 is 2.62 bits per heavy atom. The summed E-state index contributed by atoms with van der Waals surface area (Å²) in [6, 6.07) is -0.920. The monoisotopic (exact) mass is 228 g/mol. The molecule has 0 radical (unpaired) electrons. The van der Waals surface area contributed by atoms with Crippen molar-refractivity contribution >= 4 is 30.8 Å². The van der Waals surface area contributed by atoms with E-state index in [2.05, 4.69) is 10.1 Å². The fourth-order valence-electron chi connectivity index (χ4n) is 0.607. The molecule has 1 aromatic rings. The molecule has 8 heteroatoms. The van der Waals surface area contributed by atoms with Crippen molar-refractivity contribution in [3.8, 4) is 0 Å². The summed E-state index contributed by atoms with van der Waals surface area (Å²) in [4.78, 5) is 13.9. The van der Waals surface area contributed by atoms with Crippen LogP contribution in [0.3, 0.4) is 0 Å². The fraction of sp³-hybridized carbons (Fsp3) is 0.400. The Labute approximate surface area is 87.0 Å². The topological polar surface area (TPSA) is 94.0 Å². The molecule has 0 amide bonds. The fourth-order valence-corrected chi connectivity index (χ4v) is 0.607. The first-order chi connectivity index (χ1) is 5.20. The van der Waals surface area contributed by atoms with E-state index in [1.165, 1.54) is 17.3 Å². The van der Waals surface area contributed by atoms with Gasteiger partial charge in [-0.1, -0.05) is 0 Å². The van der Waals surface area contributed by atoms with Crippen molar-refractivity contribution in [2.45, 2.75) is 12.6 Å². The third-order valence-electron chi connectivity index (χ3n) is 1.17. The minimum Gasteiger partial charge on any atom is -0.480 e. The number of hydrogen-bond acceptors (Lipinski definition) is 4. The first-order valence-corrected chi connectivity index (χ1v) is 3.01. The van der Waals surface area contributed by atoms with Crippen LogP contribution in [-0.2, 0) is 11.3 Å². The lowest BCUT2D eigenvalue weighted by molar-refractivity contribution is -0.138. The van der Waals surface area contributed by atoms with E-state index in [9.17, 15) is 4.79 Å². The van der Waals surface area contributed by atoms with Crippen molar-refractivity contribution < 1.29 is 9.90 Å². The lowest BCUT2D eigenvalue weighted by Gasteiger charge is -2.04. The highest BCUT2D eigenvalue weighted by atomic mass is 35.5. The number of nitrogens with two attached hydrogens (primary N) is 1. The molecule has 0 aliphatic carbocycles. The summed E-state index contributed by atoms with van der Waals surface area (Å²) < 4.78 is 1.37. The van der Waals surface area contributed by atoms with Crippen LogP contribution in [0.5, 0.6) is 0 Å². The Balaban J connectivity index is 0. The largest absolute Gasteiger partial charge is 0.480 e. The van der Waals surface area contributed by atoms with Crippen LogP contribution in [-0.4, -0.2) is 31.9 Å². The third kappa shape index (κ3) is 4.66. The van der Waals surface area contributed by atoms with E-state index in [4.69, 9.17) is 10.8 Å². The van der Waals surface area contributed by atoms with E-state index in [1.807, 2.05) is 0 Å². The minimum absolute atomic E-state index is 0. The number of aliphatic carboxylic acids is 1. The molecule has 13 heavy (non-hydrogen) atoms. The molecule has 1 unspecified atom stereocenters. The van der Waals surface area contributed by atoms with E-state index in [0.29, 0.717) is 0 Å². The number of aromatic nitrogens is 3. The third-order valence-corrected chi connectivity index (χ3v) is 1.17. The van der Waals surface area contributed by atoms with Crippen molar-refractivity contribution in [2.75, 3.05) is 0 Å². The molecule has 1 atom stereocenters. The maximum atomic E-state index is 10.2. The lowest BCUT2D eigenvalue weighted by Crippen LogP contribution is -2.34. The summed E-state index contributed by atoms with van der Waals surface area (Å²) in [6.45, 7) is 0.148. The van der Waals surface area contributed by atoms with Crippen molar-refractivity contribution in [1.82, 2.24) is 14.8 Å². The molecular formula is C5H10Cl2N4O2. The smallest absolute Gasteiger partial charge is 0.322 e. The molecule has 1 rings (SSSR count). The second-order valence-electron chi connectivity index (χ2n) is 2.06. The van der Waals surface area contributed by atoms with E-state index >= 15 is 0 Å². The average molecular weight is 229 g/mol. The standard InChI is InChI=1S/C5H8N4O2.2ClH/c6-4(5(10)11)1-9-3-7-2-8-9;;/h2-4H,1,6H2,(H,10,11);2*1H. The van der Waals surface area contributed by atoms with Gasteiger partial charge in [0.2, 0.25) is 0 Å². The van der Waals surface area contributed by atoms with Crippen LogP contribution in [0.4, 0.5) is 0 Å². The van der Waals surface area contributed by atoms with Crippen molar-refractivity contribution in [3.63, 3.8) is 0 Å². The molecule has 0 saturated carbocycles. The lowest BCUT2D eigenvalue weighted by atomic mass is 10.3. The zero-order valence-electron chi connectivity index (χ0n) is 6.53. The van der Waals surface area contributed by atoms with Crippen LogP contribution in [0.25, 0.3) is 0 Å². The van der Waals surface area contributed by atoms with Gasteiger partial charge in [-0.25, -0.2) is 4.98 Å². The first kappa shape index (κ1) is 14.7. The highest BCUT2D eigenvalue weighted by molar-refractivity contribution is 5.85. The first-order valence-electron chi connectivity index (χ1n) is 3.01. The van der Waals surface area contributed by atoms with Crippen LogP contribution < -0.4 is 5.73 Å². The van der Waals surface area contributed by atoms with Gasteiger partial charge in [0, 0.05) is 0 Å². The van der Waals surface area contributed by atoms with E-state index in [-0.39, 0.29) is 31.4 Å². The number of carbonyl (C=O) groups is 1. The van der Waals surface area contributed by atoms with Gasteiger partial charge >= 0.3 is 5.97 Å². The zero-order valence-corrected chi connectivity index (χ0v) is 8.16. The molecule has 0 bridgehead atoms. The normalized spacial score (nSPS) is 10.8. The summed E-state index contributed by atoms with van der Waals surface area (Å²) in [5.41, 5.74) is 5.22. The number of hydrogen-bond donors (Lipinski definition) is 2. The molecule has 0 spiro atoms. The van der Waals surface area contributed by atoms with E-state index in [0.717, 1.165) is 0 Å². The maximum absolute atomic E-state index is 10.2. The summed E-state index contributed by atoms with van der Waals surface area (Å²) in [7, 11) is 0. The molecule has 0 aromatic carbocycles. The molecule has 76 valence electrons. The Morgan fingerprint density at radius 1 is 1.62 bits per heavy atom. The van der Waals surface area contributed by atoms with E-state index in [1.54, 1.807) is 0 Å². The molecule has 3 N–H and O–H groups in total. The highest BCUT2D eigenvalue weighted by Crippen LogP contribution is 1.85. The van der Waals surface area contributed by atoms with Crippen molar-refractivity contribution in [1.29, 1.82) is 0 Å². The molecule has 1 aromatic heterocycles. The van der Waals surface area contributed by atoms with Crippen LogP contribution in [0.1, 0.15) is 0 Å². The van der Waals surface area contributed by atoms with Gasteiger partial charge in [-0.05, 0) is 0 Å². The SMILES string of the molecule is Cl.Cl.NC(Cn1cncn1)C(=O)O. The summed E-state index contributed by atoms with van der Waals surface area (Å²) in [6.07, 6.45) is 2.75. The van der Waals surface area contributed by atoms with Gasteiger partial charge in [0.05, 0.1) is 6.54 Å². The Hall–Kier alpha value is -0.850. The highest BCUT2D eigenvalue weighted by Gasteiger charge is 2.11.